The first kappa shape index (κ1) is 24.2. The molecular formula is C28H28N2O5. The number of carbonyl (C=O) groups is 2. The summed E-state index contributed by atoms with van der Waals surface area (Å²) in [5.41, 5.74) is 1.47. The van der Waals surface area contributed by atoms with Crippen LogP contribution in [0.3, 0.4) is 0 Å². The first-order valence-electron chi connectivity index (χ1n) is 11.5. The fourth-order valence-corrected chi connectivity index (χ4v) is 3.72. The van der Waals surface area contributed by atoms with Gasteiger partial charge in [-0.1, -0.05) is 60.7 Å². The van der Waals surface area contributed by atoms with Crippen molar-refractivity contribution in [2.24, 2.45) is 0 Å². The highest BCUT2D eigenvalue weighted by atomic mass is 16.5. The minimum absolute atomic E-state index is 0.113. The monoisotopic (exact) mass is 472 g/mol. The molecule has 1 aliphatic heterocycles. The van der Waals surface area contributed by atoms with Gasteiger partial charge in [0.15, 0.2) is 0 Å². The third-order valence-electron chi connectivity index (χ3n) is 5.58. The molecule has 0 radical (unpaired) electrons. The maximum Gasteiger partial charge on any atom is 0.251 e. The van der Waals surface area contributed by atoms with Crippen LogP contribution in [0.25, 0.3) is 0 Å². The molecule has 1 aliphatic rings. The van der Waals surface area contributed by atoms with Crippen molar-refractivity contribution >= 4 is 11.8 Å². The average Bonchev–Trinajstić information content (AvgIpc) is 2.90. The van der Waals surface area contributed by atoms with Crippen molar-refractivity contribution in [3.63, 3.8) is 0 Å². The number of aliphatic hydroxyl groups excluding tert-OH is 1. The van der Waals surface area contributed by atoms with Gasteiger partial charge in [-0.15, -0.1) is 0 Å². The van der Waals surface area contributed by atoms with Crippen molar-refractivity contribution in [3.05, 3.63) is 108 Å². The Kier molecular flexibility index (Phi) is 8.27. The van der Waals surface area contributed by atoms with Crippen molar-refractivity contribution in [1.82, 2.24) is 10.6 Å². The molecule has 7 nitrogen and oxygen atoms in total. The molecule has 3 aromatic rings. The van der Waals surface area contributed by atoms with Crippen LogP contribution >= 0.6 is 0 Å². The predicted octanol–water partition coefficient (Wildman–Crippen LogP) is 3.60. The molecule has 180 valence electrons. The molecule has 0 saturated heterocycles. The van der Waals surface area contributed by atoms with E-state index < -0.39 is 18.2 Å². The number of rotatable bonds is 9. The fourth-order valence-electron chi connectivity index (χ4n) is 3.72. The maximum atomic E-state index is 12.5. The zero-order valence-corrected chi connectivity index (χ0v) is 19.2. The number of benzene rings is 3. The highest BCUT2D eigenvalue weighted by Gasteiger charge is 2.29. The van der Waals surface area contributed by atoms with Crippen molar-refractivity contribution in [1.29, 1.82) is 0 Å². The molecule has 0 spiro atoms. The molecule has 1 heterocycles. The van der Waals surface area contributed by atoms with E-state index in [4.69, 9.17) is 9.47 Å². The van der Waals surface area contributed by atoms with Gasteiger partial charge < -0.3 is 25.2 Å². The zero-order valence-electron chi connectivity index (χ0n) is 19.2. The lowest BCUT2D eigenvalue weighted by Crippen LogP contribution is -2.49. The first-order valence-corrected chi connectivity index (χ1v) is 11.5. The van der Waals surface area contributed by atoms with Gasteiger partial charge in [-0.25, -0.2) is 0 Å². The van der Waals surface area contributed by atoms with Crippen LogP contribution in [0, 0.1) is 0 Å². The Hall–Kier alpha value is -3.94. The largest absolute Gasteiger partial charge is 0.457 e. The average molecular weight is 473 g/mol. The van der Waals surface area contributed by atoms with E-state index in [1.807, 2.05) is 60.7 Å². The quantitative estimate of drug-likeness (QED) is 0.414. The fraction of sp³-hybridized carbons (Fsp3) is 0.214. The Morgan fingerprint density at radius 3 is 2.20 bits per heavy atom. The maximum absolute atomic E-state index is 12.5. The Labute approximate surface area is 204 Å². The SMILES string of the molecule is O=C(C[C@H]1C=C[C@H](NC(=O)c2ccccc2)[C@@H](CO)O1)NCc1ccc(Oc2ccccc2)cc1. The Bertz CT molecular complexity index is 1130. The van der Waals surface area contributed by atoms with Gasteiger partial charge in [0, 0.05) is 12.1 Å². The summed E-state index contributed by atoms with van der Waals surface area (Å²) in [7, 11) is 0. The molecule has 0 bridgehead atoms. The smallest absolute Gasteiger partial charge is 0.251 e. The highest BCUT2D eigenvalue weighted by Crippen LogP contribution is 2.21. The highest BCUT2D eigenvalue weighted by molar-refractivity contribution is 5.94. The second kappa shape index (κ2) is 12.0. The van der Waals surface area contributed by atoms with Crippen molar-refractivity contribution in [3.8, 4) is 11.5 Å². The number of nitrogens with one attached hydrogen (secondary N) is 2. The molecule has 0 aromatic heterocycles. The third-order valence-corrected chi connectivity index (χ3v) is 5.58. The topological polar surface area (TPSA) is 96.9 Å². The van der Waals surface area contributed by atoms with E-state index in [0.29, 0.717) is 12.1 Å². The number of ether oxygens (including phenoxy) is 2. The van der Waals surface area contributed by atoms with Crippen LogP contribution in [0.1, 0.15) is 22.3 Å². The predicted molar refractivity (Wildman–Crippen MR) is 132 cm³/mol. The lowest BCUT2D eigenvalue weighted by atomic mass is 10.0. The van der Waals surface area contributed by atoms with E-state index in [0.717, 1.165) is 17.1 Å². The van der Waals surface area contributed by atoms with E-state index in [2.05, 4.69) is 10.6 Å². The van der Waals surface area contributed by atoms with Gasteiger partial charge in [0.05, 0.1) is 25.2 Å². The number of hydrogen-bond acceptors (Lipinski definition) is 5. The molecule has 0 aliphatic carbocycles. The summed E-state index contributed by atoms with van der Waals surface area (Å²) in [5, 5.41) is 15.5. The van der Waals surface area contributed by atoms with Gasteiger partial charge in [0.1, 0.15) is 17.6 Å². The van der Waals surface area contributed by atoms with Crippen molar-refractivity contribution < 1.29 is 24.2 Å². The van der Waals surface area contributed by atoms with Gasteiger partial charge in [-0.2, -0.15) is 0 Å². The summed E-state index contributed by atoms with van der Waals surface area (Å²) < 4.78 is 11.6. The molecule has 2 amide bonds. The molecular weight excluding hydrogens is 444 g/mol. The minimum Gasteiger partial charge on any atom is -0.457 e. The van der Waals surface area contributed by atoms with Crippen LogP contribution in [0.5, 0.6) is 11.5 Å². The van der Waals surface area contributed by atoms with Crippen LogP contribution in [0.2, 0.25) is 0 Å². The minimum atomic E-state index is -0.636. The zero-order chi connectivity index (χ0) is 24.5. The van der Waals surface area contributed by atoms with Crippen LogP contribution in [0.4, 0.5) is 0 Å². The van der Waals surface area contributed by atoms with Gasteiger partial charge in [-0.05, 0) is 42.0 Å². The molecule has 35 heavy (non-hydrogen) atoms. The Balaban J connectivity index is 1.24. The molecule has 4 rings (SSSR count). The Morgan fingerprint density at radius 1 is 0.857 bits per heavy atom. The van der Waals surface area contributed by atoms with E-state index >= 15 is 0 Å². The molecule has 3 atom stereocenters. The second-order valence-corrected chi connectivity index (χ2v) is 8.19. The van der Waals surface area contributed by atoms with Crippen LogP contribution in [0.15, 0.2) is 97.1 Å². The molecule has 0 saturated carbocycles. The van der Waals surface area contributed by atoms with Gasteiger partial charge in [0.25, 0.3) is 5.91 Å². The Morgan fingerprint density at radius 2 is 1.51 bits per heavy atom. The van der Waals surface area contributed by atoms with Crippen LogP contribution in [-0.4, -0.2) is 41.8 Å². The standard InChI is InChI=1S/C28H28N2O5/c31-19-26-25(30-28(33)21-7-3-1-4-8-21)16-15-24(35-26)17-27(32)29-18-20-11-13-23(14-12-20)34-22-9-5-2-6-10-22/h1-16,24-26,31H,17-19H2,(H,29,32)(H,30,33)/t24-,25+,26-/m1/s1. The molecule has 7 heteroatoms. The summed E-state index contributed by atoms with van der Waals surface area (Å²) in [4.78, 5) is 24.9. The number of amides is 2. The summed E-state index contributed by atoms with van der Waals surface area (Å²) in [6.07, 6.45) is 2.51. The van der Waals surface area contributed by atoms with Crippen LogP contribution in [-0.2, 0) is 16.1 Å². The van der Waals surface area contributed by atoms with E-state index in [1.165, 1.54) is 0 Å². The summed E-state index contributed by atoms with van der Waals surface area (Å²) in [6.45, 7) is 0.0969. The number of aliphatic hydroxyl groups is 1. The van der Waals surface area contributed by atoms with Crippen molar-refractivity contribution in [2.45, 2.75) is 31.2 Å². The summed E-state index contributed by atoms with van der Waals surface area (Å²) in [5.74, 6) is 1.06. The molecule has 0 fully saturated rings. The van der Waals surface area contributed by atoms with E-state index in [-0.39, 0.29) is 24.8 Å². The normalized spacial score (nSPS) is 19.1. The van der Waals surface area contributed by atoms with Crippen LogP contribution < -0.4 is 15.4 Å². The first-order chi connectivity index (χ1) is 17.1. The van der Waals surface area contributed by atoms with E-state index in [9.17, 15) is 14.7 Å². The summed E-state index contributed by atoms with van der Waals surface area (Å²) in [6, 6.07) is 25.4. The molecule has 3 aromatic carbocycles. The number of carbonyl (C=O) groups excluding carboxylic acids is 2. The molecule has 0 unspecified atom stereocenters. The van der Waals surface area contributed by atoms with Crippen molar-refractivity contribution in [2.75, 3.05) is 6.61 Å². The summed E-state index contributed by atoms with van der Waals surface area (Å²) >= 11 is 0. The number of para-hydroxylation sites is 1. The van der Waals surface area contributed by atoms with Gasteiger partial charge in [-0.3, -0.25) is 9.59 Å². The third kappa shape index (κ3) is 7.02. The molecule has 3 N–H and O–H groups in total. The second-order valence-electron chi connectivity index (χ2n) is 8.19. The number of hydrogen-bond donors (Lipinski definition) is 3. The lowest BCUT2D eigenvalue weighted by molar-refractivity contribution is -0.125. The van der Waals surface area contributed by atoms with Gasteiger partial charge in [0.2, 0.25) is 5.91 Å². The van der Waals surface area contributed by atoms with E-state index in [1.54, 1.807) is 36.4 Å². The lowest BCUT2D eigenvalue weighted by Gasteiger charge is -2.31. The van der Waals surface area contributed by atoms with Gasteiger partial charge >= 0.3 is 0 Å².